The van der Waals surface area contributed by atoms with E-state index in [1.807, 2.05) is 24.3 Å². The van der Waals surface area contributed by atoms with Crippen LogP contribution < -0.4 is 5.32 Å². The summed E-state index contributed by atoms with van der Waals surface area (Å²) in [4.78, 5) is 12.4. The minimum Gasteiger partial charge on any atom is -0.326 e. The van der Waals surface area contributed by atoms with Crippen LogP contribution in [0.15, 0.2) is 24.3 Å². The van der Waals surface area contributed by atoms with Gasteiger partial charge in [0.15, 0.2) is 9.84 Å². The summed E-state index contributed by atoms with van der Waals surface area (Å²) in [6, 6.07) is 7.69. The minimum absolute atomic E-state index is 0.0312. The SMILES string of the molecule is CC(C)(C)c1ccccc1NC(=O)C1CCCS(=O)(=O)C1. The molecule has 5 heteroatoms. The highest BCUT2D eigenvalue weighted by Gasteiger charge is 2.30. The molecular formula is C16H23NO3S. The molecule has 1 N–H and O–H groups in total. The summed E-state index contributed by atoms with van der Waals surface area (Å²) in [6.45, 7) is 6.26. The molecule has 1 saturated heterocycles. The average Bonchev–Trinajstić information content (AvgIpc) is 2.37. The first-order chi connectivity index (χ1) is 9.69. The van der Waals surface area contributed by atoms with E-state index >= 15 is 0 Å². The average molecular weight is 309 g/mol. The van der Waals surface area contributed by atoms with Crippen molar-refractivity contribution < 1.29 is 13.2 Å². The second-order valence-electron chi connectivity index (χ2n) is 6.74. The summed E-state index contributed by atoms with van der Waals surface area (Å²) < 4.78 is 23.3. The first-order valence-corrected chi connectivity index (χ1v) is 9.12. The van der Waals surface area contributed by atoms with E-state index in [4.69, 9.17) is 0 Å². The van der Waals surface area contributed by atoms with Gasteiger partial charge in [0.2, 0.25) is 5.91 Å². The Kier molecular flexibility index (Phi) is 4.42. The smallest absolute Gasteiger partial charge is 0.228 e. The van der Waals surface area contributed by atoms with Crippen molar-refractivity contribution in [3.63, 3.8) is 0 Å². The third-order valence-electron chi connectivity index (χ3n) is 3.83. The molecule has 1 aliphatic rings. The molecule has 0 radical (unpaired) electrons. The zero-order valence-corrected chi connectivity index (χ0v) is 13.7. The molecule has 116 valence electrons. The van der Waals surface area contributed by atoms with Gasteiger partial charge in [0.25, 0.3) is 0 Å². The number of carbonyl (C=O) groups excluding carboxylic acids is 1. The van der Waals surface area contributed by atoms with Crippen LogP contribution >= 0.6 is 0 Å². The normalized spacial score (nSPS) is 21.8. The lowest BCUT2D eigenvalue weighted by molar-refractivity contribution is -0.119. The van der Waals surface area contributed by atoms with Crippen LogP contribution in [0, 0.1) is 5.92 Å². The van der Waals surface area contributed by atoms with Gasteiger partial charge in [0.1, 0.15) is 0 Å². The topological polar surface area (TPSA) is 63.2 Å². The Bertz CT molecular complexity index is 629. The van der Waals surface area contributed by atoms with Crippen LogP contribution in [0.5, 0.6) is 0 Å². The number of benzene rings is 1. The first kappa shape index (κ1) is 16.0. The third kappa shape index (κ3) is 4.06. The van der Waals surface area contributed by atoms with Crippen molar-refractivity contribution in [2.24, 2.45) is 5.92 Å². The van der Waals surface area contributed by atoms with Crippen molar-refractivity contribution in [1.29, 1.82) is 0 Å². The number of rotatable bonds is 2. The van der Waals surface area contributed by atoms with Crippen LogP contribution in [-0.4, -0.2) is 25.8 Å². The maximum Gasteiger partial charge on any atom is 0.228 e. The van der Waals surface area contributed by atoms with Crippen molar-refractivity contribution >= 4 is 21.4 Å². The summed E-state index contributed by atoms with van der Waals surface area (Å²) in [5, 5.41) is 2.92. The van der Waals surface area contributed by atoms with Gasteiger partial charge in [-0.2, -0.15) is 0 Å². The Balaban J connectivity index is 2.17. The molecule has 0 aromatic heterocycles. The Hall–Kier alpha value is -1.36. The van der Waals surface area contributed by atoms with Crippen LogP contribution in [0.3, 0.4) is 0 Å². The number of nitrogens with one attached hydrogen (secondary N) is 1. The van der Waals surface area contributed by atoms with Gasteiger partial charge in [-0.25, -0.2) is 8.42 Å². The lowest BCUT2D eigenvalue weighted by Gasteiger charge is -2.25. The number of amides is 1. The zero-order valence-electron chi connectivity index (χ0n) is 12.8. The zero-order chi connectivity index (χ0) is 15.7. The predicted octanol–water partition coefficient (Wildman–Crippen LogP) is 2.75. The molecule has 1 unspecified atom stereocenters. The lowest BCUT2D eigenvalue weighted by Crippen LogP contribution is -2.34. The van der Waals surface area contributed by atoms with Crippen molar-refractivity contribution in [2.75, 3.05) is 16.8 Å². The molecule has 1 aromatic carbocycles. The number of hydrogen-bond acceptors (Lipinski definition) is 3. The van der Waals surface area contributed by atoms with Crippen molar-refractivity contribution in [3.8, 4) is 0 Å². The molecule has 1 atom stereocenters. The maximum atomic E-state index is 12.4. The second-order valence-corrected chi connectivity index (χ2v) is 8.97. The van der Waals surface area contributed by atoms with Crippen molar-refractivity contribution in [3.05, 3.63) is 29.8 Å². The van der Waals surface area contributed by atoms with Gasteiger partial charge < -0.3 is 5.32 Å². The van der Waals surface area contributed by atoms with Gasteiger partial charge in [-0.05, 0) is 29.9 Å². The summed E-state index contributed by atoms with van der Waals surface area (Å²) in [6.07, 6.45) is 1.21. The molecule has 1 heterocycles. The predicted molar refractivity (Wildman–Crippen MR) is 85.1 cm³/mol. The highest BCUT2D eigenvalue weighted by atomic mass is 32.2. The molecule has 1 amide bonds. The molecule has 21 heavy (non-hydrogen) atoms. The summed E-state index contributed by atoms with van der Waals surface area (Å²) >= 11 is 0. The molecule has 1 fully saturated rings. The van der Waals surface area contributed by atoms with E-state index in [1.54, 1.807) is 0 Å². The minimum atomic E-state index is -3.07. The van der Waals surface area contributed by atoms with Crippen molar-refractivity contribution in [2.45, 2.75) is 39.0 Å². The molecule has 0 bridgehead atoms. The van der Waals surface area contributed by atoms with Gasteiger partial charge in [0, 0.05) is 5.69 Å². The van der Waals surface area contributed by atoms with Gasteiger partial charge in [-0.3, -0.25) is 4.79 Å². The van der Waals surface area contributed by atoms with Gasteiger partial charge in [-0.1, -0.05) is 39.0 Å². The van der Waals surface area contributed by atoms with E-state index in [2.05, 4.69) is 26.1 Å². The maximum absolute atomic E-state index is 12.4. The monoisotopic (exact) mass is 309 g/mol. The third-order valence-corrected chi connectivity index (χ3v) is 5.65. The Morgan fingerprint density at radius 2 is 1.90 bits per heavy atom. The second kappa shape index (κ2) is 5.79. The Labute approximate surface area is 126 Å². The largest absolute Gasteiger partial charge is 0.326 e. The fraction of sp³-hybridized carbons (Fsp3) is 0.562. The molecule has 1 aromatic rings. The Morgan fingerprint density at radius 3 is 2.52 bits per heavy atom. The highest BCUT2D eigenvalue weighted by Crippen LogP contribution is 2.30. The van der Waals surface area contributed by atoms with E-state index in [9.17, 15) is 13.2 Å². The fourth-order valence-electron chi connectivity index (χ4n) is 2.71. The molecular weight excluding hydrogens is 286 g/mol. The van der Waals surface area contributed by atoms with Crippen molar-refractivity contribution in [1.82, 2.24) is 0 Å². The lowest BCUT2D eigenvalue weighted by atomic mass is 9.85. The van der Waals surface area contributed by atoms with E-state index in [0.717, 1.165) is 11.3 Å². The molecule has 4 nitrogen and oxygen atoms in total. The molecule has 2 rings (SSSR count). The quantitative estimate of drug-likeness (QED) is 0.913. The van der Waals surface area contributed by atoms with Gasteiger partial charge in [0.05, 0.1) is 17.4 Å². The summed E-state index contributed by atoms with van der Waals surface area (Å²) in [5.41, 5.74) is 1.75. The van der Waals surface area contributed by atoms with E-state index in [0.29, 0.717) is 12.8 Å². The summed E-state index contributed by atoms with van der Waals surface area (Å²) in [5.74, 6) is -0.446. The first-order valence-electron chi connectivity index (χ1n) is 7.30. The van der Waals surface area contributed by atoms with E-state index in [1.165, 1.54) is 0 Å². The van der Waals surface area contributed by atoms with Crippen LogP contribution in [-0.2, 0) is 20.0 Å². The fourth-order valence-corrected chi connectivity index (χ4v) is 4.41. The number of sulfone groups is 1. The molecule has 0 spiro atoms. The standard InChI is InChI=1S/C16H23NO3S/c1-16(2,3)13-8-4-5-9-14(13)17-15(18)12-7-6-10-21(19,20)11-12/h4-5,8-9,12H,6-7,10-11H2,1-3H3,(H,17,18). The number of anilines is 1. The van der Waals surface area contributed by atoms with Crippen LogP contribution in [0.4, 0.5) is 5.69 Å². The van der Waals surface area contributed by atoms with E-state index < -0.39 is 15.8 Å². The molecule has 0 saturated carbocycles. The highest BCUT2D eigenvalue weighted by molar-refractivity contribution is 7.91. The van der Waals surface area contributed by atoms with E-state index in [-0.39, 0.29) is 22.8 Å². The number of hydrogen-bond donors (Lipinski definition) is 1. The van der Waals surface area contributed by atoms with Crippen LogP contribution in [0.25, 0.3) is 0 Å². The number of para-hydroxylation sites is 1. The summed E-state index contributed by atoms with van der Waals surface area (Å²) in [7, 11) is -3.07. The Morgan fingerprint density at radius 1 is 1.24 bits per heavy atom. The van der Waals surface area contributed by atoms with Crippen LogP contribution in [0.1, 0.15) is 39.2 Å². The molecule has 1 aliphatic heterocycles. The van der Waals surface area contributed by atoms with Gasteiger partial charge >= 0.3 is 0 Å². The number of carbonyl (C=O) groups is 1. The van der Waals surface area contributed by atoms with Gasteiger partial charge in [-0.15, -0.1) is 0 Å². The van der Waals surface area contributed by atoms with Crippen LogP contribution in [0.2, 0.25) is 0 Å². The molecule has 0 aliphatic carbocycles.